The SMILES string of the molecule is CC1(C)CCCC1n1ncc(Br)c1N. The molecule has 0 saturated heterocycles. The first-order valence-corrected chi connectivity index (χ1v) is 5.80. The van der Waals surface area contributed by atoms with Gasteiger partial charge in [-0.15, -0.1) is 0 Å². The van der Waals surface area contributed by atoms with Crippen molar-refractivity contribution in [3.05, 3.63) is 10.7 Å². The maximum absolute atomic E-state index is 5.96. The minimum Gasteiger partial charge on any atom is -0.383 e. The molecule has 3 nitrogen and oxygen atoms in total. The molecule has 1 saturated carbocycles. The maximum Gasteiger partial charge on any atom is 0.136 e. The summed E-state index contributed by atoms with van der Waals surface area (Å²) in [5.41, 5.74) is 6.28. The normalized spacial score (nSPS) is 25.5. The van der Waals surface area contributed by atoms with E-state index in [0.717, 1.165) is 10.3 Å². The minimum atomic E-state index is 0.319. The predicted molar refractivity (Wildman–Crippen MR) is 61.0 cm³/mol. The van der Waals surface area contributed by atoms with Crippen molar-refractivity contribution in [1.82, 2.24) is 9.78 Å². The van der Waals surface area contributed by atoms with Crippen LogP contribution in [0.4, 0.5) is 5.82 Å². The van der Waals surface area contributed by atoms with E-state index in [-0.39, 0.29) is 0 Å². The molecule has 1 aliphatic carbocycles. The number of nitrogens with two attached hydrogens (primary N) is 1. The molecule has 4 heteroatoms. The number of rotatable bonds is 1. The van der Waals surface area contributed by atoms with E-state index in [0.29, 0.717) is 11.5 Å². The van der Waals surface area contributed by atoms with Gasteiger partial charge in [0.2, 0.25) is 0 Å². The van der Waals surface area contributed by atoms with Crippen LogP contribution in [0.2, 0.25) is 0 Å². The maximum atomic E-state index is 5.96. The van der Waals surface area contributed by atoms with Gasteiger partial charge in [0.25, 0.3) is 0 Å². The fourth-order valence-corrected chi connectivity index (χ4v) is 2.63. The molecular weight excluding hydrogens is 242 g/mol. The summed E-state index contributed by atoms with van der Waals surface area (Å²) in [6.45, 7) is 4.58. The average Bonchev–Trinajstić information content (AvgIpc) is 2.59. The molecule has 2 N–H and O–H groups in total. The van der Waals surface area contributed by atoms with Crippen LogP contribution in [-0.4, -0.2) is 9.78 Å². The standard InChI is InChI=1S/C10H16BrN3/c1-10(2)5-3-4-8(10)14-9(12)7(11)6-13-14/h6,8H,3-5,12H2,1-2H3. The van der Waals surface area contributed by atoms with Crippen LogP contribution >= 0.6 is 15.9 Å². The van der Waals surface area contributed by atoms with Crippen LogP contribution in [0.15, 0.2) is 10.7 Å². The van der Waals surface area contributed by atoms with E-state index >= 15 is 0 Å². The van der Waals surface area contributed by atoms with Crippen LogP contribution in [-0.2, 0) is 0 Å². The lowest BCUT2D eigenvalue weighted by atomic mass is 9.87. The number of nitrogens with zero attached hydrogens (tertiary/aromatic N) is 2. The number of nitrogen functional groups attached to an aromatic ring is 1. The number of hydrogen-bond donors (Lipinski definition) is 1. The van der Waals surface area contributed by atoms with Gasteiger partial charge in [0.1, 0.15) is 5.82 Å². The molecule has 1 aromatic heterocycles. The zero-order valence-electron chi connectivity index (χ0n) is 8.63. The van der Waals surface area contributed by atoms with Gasteiger partial charge in [-0.2, -0.15) is 5.10 Å². The highest BCUT2D eigenvalue weighted by Crippen LogP contribution is 2.46. The van der Waals surface area contributed by atoms with Gasteiger partial charge >= 0.3 is 0 Å². The second-order valence-corrected chi connectivity index (χ2v) is 5.57. The summed E-state index contributed by atoms with van der Waals surface area (Å²) in [6, 6.07) is 0.453. The molecule has 0 bridgehead atoms. The van der Waals surface area contributed by atoms with Gasteiger partial charge in [-0.25, -0.2) is 4.68 Å². The van der Waals surface area contributed by atoms with Crippen molar-refractivity contribution in [3.8, 4) is 0 Å². The van der Waals surface area contributed by atoms with Crippen molar-refractivity contribution in [2.45, 2.75) is 39.2 Å². The summed E-state index contributed by atoms with van der Waals surface area (Å²) >= 11 is 3.39. The van der Waals surface area contributed by atoms with Crippen molar-refractivity contribution in [2.24, 2.45) is 5.41 Å². The molecule has 0 radical (unpaired) electrons. The van der Waals surface area contributed by atoms with Crippen molar-refractivity contribution in [3.63, 3.8) is 0 Å². The van der Waals surface area contributed by atoms with Crippen LogP contribution in [0.5, 0.6) is 0 Å². The lowest BCUT2D eigenvalue weighted by Gasteiger charge is -2.27. The topological polar surface area (TPSA) is 43.8 Å². The minimum absolute atomic E-state index is 0.319. The molecule has 1 atom stereocenters. The Labute approximate surface area is 92.8 Å². The van der Waals surface area contributed by atoms with Gasteiger partial charge in [-0.3, -0.25) is 0 Å². The second kappa shape index (κ2) is 3.26. The zero-order valence-corrected chi connectivity index (χ0v) is 10.2. The number of aromatic nitrogens is 2. The van der Waals surface area contributed by atoms with Crippen molar-refractivity contribution in [1.29, 1.82) is 0 Å². The summed E-state index contributed by atoms with van der Waals surface area (Å²) in [4.78, 5) is 0. The largest absolute Gasteiger partial charge is 0.383 e. The molecule has 1 fully saturated rings. The van der Waals surface area contributed by atoms with Crippen molar-refractivity contribution in [2.75, 3.05) is 5.73 Å². The summed E-state index contributed by atoms with van der Waals surface area (Å²) in [6.07, 6.45) is 5.50. The van der Waals surface area contributed by atoms with Crippen LogP contribution in [0.3, 0.4) is 0 Å². The monoisotopic (exact) mass is 257 g/mol. The highest BCUT2D eigenvalue weighted by atomic mass is 79.9. The van der Waals surface area contributed by atoms with Gasteiger partial charge in [-0.05, 0) is 34.2 Å². The molecule has 0 spiro atoms. The molecule has 0 amide bonds. The molecular formula is C10H16BrN3. The molecule has 1 aromatic rings. The molecule has 2 rings (SSSR count). The Morgan fingerprint density at radius 2 is 2.36 bits per heavy atom. The van der Waals surface area contributed by atoms with Crippen LogP contribution in [0, 0.1) is 5.41 Å². The fourth-order valence-electron chi connectivity index (χ4n) is 2.36. The first-order valence-electron chi connectivity index (χ1n) is 5.01. The first kappa shape index (κ1) is 10.0. The van der Waals surface area contributed by atoms with E-state index in [1.165, 1.54) is 19.3 Å². The Morgan fingerprint density at radius 1 is 1.64 bits per heavy atom. The van der Waals surface area contributed by atoms with E-state index in [4.69, 9.17) is 5.73 Å². The Hall–Kier alpha value is -0.510. The van der Waals surface area contributed by atoms with E-state index in [9.17, 15) is 0 Å². The van der Waals surface area contributed by atoms with E-state index in [2.05, 4.69) is 34.9 Å². The zero-order chi connectivity index (χ0) is 10.3. The number of hydrogen-bond acceptors (Lipinski definition) is 2. The molecule has 1 aliphatic rings. The van der Waals surface area contributed by atoms with E-state index in [1.807, 2.05) is 4.68 Å². The molecule has 78 valence electrons. The smallest absolute Gasteiger partial charge is 0.136 e. The third-order valence-corrected chi connectivity index (χ3v) is 3.89. The third-order valence-electron chi connectivity index (χ3n) is 3.28. The first-order chi connectivity index (χ1) is 6.52. The van der Waals surface area contributed by atoms with Crippen molar-refractivity contribution >= 4 is 21.7 Å². The van der Waals surface area contributed by atoms with E-state index in [1.54, 1.807) is 6.20 Å². The summed E-state index contributed by atoms with van der Waals surface area (Å²) in [7, 11) is 0. The Morgan fingerprint density at radius 3 is 2.79 bits per heavy atom. The molecule has 1 heterocycles. The van der Waals surface area contributed by atoms with Gasteiger partial charge in [0.05, 0.1) is 16.7 Å². The molecule has 0 aromatic carbocycles. The number of halogens is 1. The van der Waals surface area contributed by atoms with Crippen molar-refractivity contribution < 1.29 is 0 Å². The average molecular weight is 258 g/mol. The summed E-state index contributed by atoms with van der Waals surface area (Å²) in [5.74, 6) is 0.755. The summed E-state index contributed by atoms with van der Waals surface area (Å²) in [5, 5.41) is 4.34. The Balaban J connectivity index is 2.36. The second-order valence-electron chi connectivity index (χ2n) is 4.72. The predicted octanol–water partition coefficient (Wildman–Crippen LogP) is 2.98. The quantitative estimate of drug-likeness (QED) is 0.841. The fraction of sp³-hybridized carbons (Fsp3) is 0.700. The van der Waals surface area contributed by atoms with Crippen LogP contribution < -0.4 is 5.73 Å². The van der Waals surface area contributed by atoms with Gasteiger partial charge in [0, 0.05) is 0 Å². The molecule has 0 aliphatic heterocycles. The van der Waals surface area contributed by atoms with E-state index < -0.39 is 0 Å². The van der Waals surface area contributed by atoms with Gasteiger partial charge in [-0.1, -0.05) is 20.3 Å². The third kappa shape index (κ3) is 1.45. The molecule has 1 unspecified atom stereocenters. The lowest BCUT2D eigenvalue weighted by Crippen LogP contribution is -2.23. The molecule has 14 heavy (non-hydrogen) atoms. The highest BCUT2D eigenvalue weighted by molar-refractivity contribution is 9.10. The number of anilines is 1. The van der Waals surface area contributed by atoms with Crippen LogP contribution in [0.25, 0.3) is 0 Å². The Kier molecular flexibility index (Phi) is 2.33. The van der Waals surface area contributed by atoms with Gasteiger partial charge in [0.15, 0.2) is 0 Å². The van der Waals surface area contributed by atoms with Gasteiger partial charge < -0.3 is 5.73 Å². The Bertz CT molecular complexity index is 343. The highest BCUT2D eigenvalue weighted by Gasteiger charge is 2.37. The summed E-state index contributed by atoms with van der Waals surface area (Å²) < 4.78 is 2.87. The van der Waals surface area contributed by atoms with Crippen LogP contribution in [0.1, 0.15) is 39.2 Å². The lowest BCUT2D eigenvalue weighted by molar-refractivity contribution is 0.246.